The summed E-state index contributed by atoms with van der Waals surface area (Å²) in [7, 11) is 0. The van der Waals surface area contributed by atoms with E-state index in [4.69, 9.17) is 4.74 Å². The van der Waals surface area contributed by atoms with Crippen LogP contribution in [0.1, 0.15) is 10.4 Å². The third-order valence-electron chi connectivity index (χ3n) is 4.68. The Morgan fingerprint density at radius 2 is 1.47 bits per heavy atom. The first kappa shape index (κ1) is 20.8. The molecule has 0 bridgehead atoms. The molecule has 0 unspecified atom stereocenters. The third-order valence-corrected chi connectivity index (χ3v) is 4.68. The van der Waals surface area contributed by atoms with E-state index in [-0.39, 0.29) is 18.4 Å². The van der Waals surface area contributed by atoms with E-state index in [0.717, 1.165) is 11.1 Å². The lowest BCUT2D eigenvalue weighted by Crippen LogP contribution is -2.22. The fourth-order valence-corrected chi connectivity index (χ4v) is 3.19. The summed E-state index contributed by atoms with van der Waals surface area (Å²) in [5.41, 5.74) is 2.92. The summed E-state index contributed by atoms with van der Waals surface area (Å²) in [5.74, 6) is 0.0532. The number of ether oxygens (including phenoxy) is 1. The monoisotopic (exact) mass is 423 g/mol. The SMILES string of the molecule is O=C(COc1ccccc1C(=O)Nc1ccccn1)Nc1ccccc1-c1ccccc1. The Labute approximate surface area is 185 Å². The number of pyridine rings is 1. The average molecular weight is 423 g/mol. The van der Waals surface area contributed by atoms with Gasteiger partial charge in [0.05, 0.1) is 5.56 Å². The summed E-state index contributed by atoms with van der Waals surface area (Å²) in [4.78, 5) is 29.3. The van der Waals surface area contributed by atoms with Gasteiger partial charge >= 0.3 is 0 Å². The van der Waals surface area contributed by atoms with E-state index >= 15 is 0 Å². The minimum Gasteiger partial charge on any atom is -0.483 e. The number of nitrogens with zero attached hydrogens (tertiary/aromatic N) is 1. The van der Waals surface area contributed by atoms with Crippen molar-refractivity contribution in [2.24, 2.45) is 0 Å². The molecule has 0 fully saturated rings. The predicted octanol–water partition coefficient (Wildman–Crippen LogP) is 5.02. The van der Waals surface area contributed by atoms with Crippen molar-refractivity contribution < 1.29 is 14.3 Å². The van der Waals surface area contributed by atoms with Gasteiger partial charge in [0, 0.05) is 17.4 Å². The number of benzene rings is 3. The average Bonchev–Trinajstić information content (AvgIpc) is 2.84. The third kappa shape index (κ3) is 5.17. The molecule has 1 heterocycles. The molecule has 0 radical (unpaired) electrons. The van der Waals surface area contributed by atoms with Gasteiger partial charge in [0.2, 0.25) is 0 Å². The van der Waals surface area contributed by atoms with E-state index in [1.165, 1.54) is 0 Å². The molecule has 0 saturated heterocycles. The molecule has 0 aliphatic rings. The number of anilines is 2. The molecule has 4 rings (SSSR count). The molecular weight excluding hydrogens is 402 g/mol. The smallest absolute Gasteiger partial charge is 0.262 e. The first-order valence-electron chi connectivity index (χ1n) is 10.1. The van der Waals surface area contributed by atoms with Crippen molar-refractivity contribution in [3.8, 4) is 16.9 Å². The van der Waals surface area contributed by atoms with Crippen LogP contribution < -0.4 is 15.4 Å². The maximum Gasteiger partial charge on any atom is 0.262 e. The van der Waals surface area contributed by atoms with Gasteiger partial charge in [-0.3, -0.25) is 9.59 Å². The molecule has 158 valence electrons. The topological polar surface area (TPSA) is 80.3 Å². The minimum absolute atomic E-state index is 0.239. The fraction of sp³-hybridized carbons (Fsp3) is 0.0385. The van der Waals surface area contributed by atoms with Crippen LogP contribution in [0.4, 0.5) is 11.5 Å². The van der Waals surface area contributed by atoms with Crippen LogP contribution >= 0.6 is 0 Å². The first-order chi connectivity index (χ1) is 15.7. The second-order valence-corrected chi connectivity index (χ2v) is 6.91. The Kier molecular flexibility index (Phi) is 6.53. The Hall–Kier alpha value is -4.45. The summed E-state index contributed by atoms with van der Waals surface area (Å²) in [6.45, 7) is -0.239. The molecule has 2 N–H and O–H groups in total. The van der Waals surface area contributed by atoms with Crippen LogP contribution in [0, 0.1) is 0 Å². The van der Waals surface area contributed by atoms with Crippen molar-refractivity contribution in [1.29, 1.82) is 0 Å². The maximum atomic E-state index is 12.6. The molecular formula is C26H21N3O3. The Morgan fingerprint density at radius 3 is 2.28 bits per heavy atom. The number of carbonyl (C=O) groups excluding carboxylic acids is 2. The number of nitrogens with one attached hydrogen (secondary N) is 2. The summed E-state index contributed by atoms with van der Waals surface area (Å²) in [5, 5.41) is 5.61. The molecule has 32 heavy (non-hydrogen) atoms. The van der Waals surface area contributed by atoms with Gasteiger partial charge in [-0.25, -0.2) is 4.98 Å². The first-order valence-corrected chi connectivity index (χ1v) is 10.1. The van der Waals surface area contributed by atoms with Gasteiger partial charge in [0.15, 0.2) is 6.61 Å². The maximum absolute atomic E-state index is 12.6. The van der Waals surface area contributed by atoms with Crippen LogP contribution in [0.2, 0.25) is 0 Å². The number of carbonyl (C=O) groups is 2. The molecule has 1 aromatic heterocycles. The van der Waals surface area contributed by atoms with E-state index in [1.807, 2.05) is 54.6 Å². The summed E-state index contributed by atoms with van der Waals surface area (Å²) < 4.78 is 5.68. The van der Waals surface area contributed by atoms with Crippen LogP contribution in [0.15, 0.2) is 103 Å². The highest BCUT2D eigenvalue weighted by Crippen LogP contribution is 2.27. The van der Waals surface area contributed by atoms with Gasteiger partial charge < -0.3 is 15.4 Å². The Morgan fingerprint density at radius 1 is 0.750 bits per heavy atom. The second-order valence-electron chi connectivity index (χ2n) is 6.91. The van der Waals surface area contributed by atoms with Gasteiger partial charge in [0.25, 0.3) is 11.8 Å². The van der Waals surface area contributed by atoms with Crippen LogP contribution in [-0.2, 0) is 4.79 Å². The Balaban J connectivity index is 1.43. The second kappa shape index (κ2) is 10.0. The highest BCUT2D eigenvalue weighted by Gasteiger charge is 2.15. The van der Waals surface area contributed by atoms with Gasteiger partial charge in [0.1, 0.15) is 11.6 Å². The summed E-state index contributed by atoms with van der Waals surface area (Å²) in [6.07, 6.45) is 1.59. The van der Waals surface area contributed by atoms with E-state index in [2.05, 4.69) is 15.6 Å². The Bertz CT molecular complexity index is 1210. The molecule has 0 atom stereocenters. The lowest BCUT2D eigenvalue weighted by atomic mass is 10.0. The van der Waals surface area contributed by atoms with E-state index in [0.29, 0.717) is 22.8 Å². The zero-order chi connectivity index (χ0) is 22.2. The summed E-state index contributed by atoms with van der Waals surface area (Å²) >= 11 is 0. The molecule has 6 heteroatoms. The molecule has 3 aromatic carbocycles. The molecule has 6 nitrogen and oxygen atoms in total. The van der Waals surface area contributed by atoms with E-state index < -0.39 is 0 Å². The molecule has 4 aromatic rings. The molecule has 0 aliphatic carbocycles. The van der Waals surface area contributed by atoms with E-state index in [9.17, 15) is 9.59 Å². The zero-order valence-electron chi connectivity index (χ0n) is 17.2. The number of hydrogen-bond donors (Lipinski definition) is 2. The standard InChI is InChI=1S/C26H21N3O3/c30-25(28-22-14-6-4-12-20(22)19-10-2-1-3-11-19)18-32-23-15-7-5-13-21(23)26(31)29-24-16-8-9-17-27-24/h1-17H,18H2,(H,28,30)(H,27,29,31). The van der Waals surface area contributed by atoms with Crippen LogP contribution in [-0.4, -0.2) is 23.4 Å². The zero-order valence-corrected chi connectivity index (χ0v) is 17.2. The minimum atomic E-state index is -0.367. The summed E-state index contributed by atoms with van der Waals surface area (Å²) in [6, 6.07) is 29.4. The van der Waals surface area contributed by atoms with Gasteiger partial charge in [-0.1, -0.05) is 66.7 Å². The lowest BCUT2D eigenvalue weighted by Gasteiger charge is -2.13. The number of rotatable bonds is 7. The quantitative estimate of drug-likeness (QED) is 0.437. The number of para-hydroxylation sites is 2. The molecule has 0 aliphatic heterocycles. The number of hydrogen-bond acceptors (Lipinski definition) is 4. The fourth-order valence-electron chi connectivity index (χ4n) is 3.19. The van der Waals surface area contributed by atoms with Crippen molar-refractivity contribution >= 4 is 23.3 Å². The van der Waals surface area contributed by atoms with Gasteiger partial charge in [-0.2, -0.15) is 0 Å². The van der Waals surface area contributed by atoms with Crippen molar-refractivity contribution in [2.75, 3.05) is 17.2 Å². The highest BCUT2D eigenvalue weighted by atomic mass is 16.5. The van der Waals surface area contributed by atoms with Crippen molar-refractivity contribution in [3.05, 3.63) is 109 Å². The van der Waals surface area contributed by atoms with Crippen LogP contribution in [0.3, 0.4) is 0 Å². The van der Waals surface area contributed by atoms with Crippen molar-refractivity contribution in [1.82, 2.24) is 4.98 Å². The lowest BCUT2D eigenvalue weighted by molar-refractivity contribution is -0.118. The van der Waals surface area contributed by atoms with Crippen molar-refractivity contribution in [3.63, 3.8) is 0 Å². The van der Waals surface area contributed by atoms with E-state index in [1.54, 1.807) is 48.7 Å². The largest absolute Gasteiger partial charge is 0.483 e. The predicted molar refractivity (Wildman–Crippen MR) is 125 cm³/mol. The number of aromatic nitrogens is 1. The number of amides is 2. The van der Waals surface area contributed by atoms with Crippen molar-refractivity contribution in [2.45, 2.75) is 0 Å². The normalized spacial score (nSPS) is 10.2. The van der Waals surface area contributed by atoms with Crippen LogP contribution in [0.25, 0.3) is 11.1 Å². The molecule has 2 amide bonds. The molecule has 0 saturated carbocycles. The highest BCUT2D eigenvalue weighted by molar-refractivity contribution is 6.05. The van der Waals surface area contributed by atoms with Gasteiger partial charge in [-0.15, -0.1) is 0 Å². The van der Waals surface area contributed by atoms with Gasteiger partial charge in [-0.05, 0) is 35.9 Å². The van der Waals surface area contributed by atoms with Crippen LogP contribution in [0.5, 0.6) is 5.75 Å². The molecule has 0 spiro atoms.